The van der Waals surface area contributed by atoms with Crippen LogP contribution in [0.3, 0.4) is 0 Å². The predicted molar refractivity (Wildman–Crippen MR) is 130 cm³/mol. The fourth-order valence-electron chi connectivity index (χ4n) is 3.64. The van der Waals surface area contributed by atoms with Crippen LogP contribution < -0.4 is 10.6 Å². The van der Waals surface area contributed by atoms with Crippen molar-refractivity contribution in [1.82, 2.24) is 30.3 Å². The van der Waals surface area contributed by atoms with Crippen LogP contribution in [0, 0.1) is 5.92 Å². The van der Waals surface area contributed by atoms with Crippen molar-refractivity contribution < 1.29 is 4.74 Å². The van der Waals surface area contributed by atoms with Crippen molar-refractivity contribution in [2.24, 2.45) is 10.9 Å². The lowest BCUT2D eigenvalue weighted by atomic mass is 10.0. The number of ether oxygens (including phenoxy) is 1. The van der Waals surface area contributed by atoms with Crippen molar-refractivity contribution in [1.29, 1.82) is 0 Å². The van der Waals surface area contributed by atoms with Gasteiger partial charge in [0.2, 0.25) is 0 Å². The van der Waals surface area contributed by atoms with E-state index in [2.05, 4.69) is 68.7 Å². The Hall–Kier alpha value is -1.72. The number of nitrogens with zero attached hydrogens (tertiary/aromatic N) is 5. The first kappa shape index (κ1) is 24.5. The molecule has 1 aromatic heterocycles. The van der Waals surface area contributed by atoms with Crippen LogP contribution in [0.15, 0.2) is 41.9 Å². The summed E-state index contributed by atoms with van der Waals surface area (Å²) in [6.07, 6.45) is 3.29. The molecule has 1 unspecified atom stereocenters. The Kier molecular flexibility index (Phi) is 10.5. The summed E-state index contributed by atoms with van der Waals surface area (Å²) >= 11 is 0. The summed E-state index contributed by atoms with van der Waals surface area (Å²) in [5.74, 6) is 1.39. The number of aromatic nitrogens is 3. The molecule has 0 bridgehead atoms. The van der Waals surface area contributed by atoms with Crippen LogP contribution in [0.4, 0.5) is 0 Å². The molecule has 8 nitrogen and oxygen atoms in total. The maximum absolute atomic E-state index is 5.50. The molecule has 0 amide bonds. The molecule has 9 heteroatoms. The van der Waals surface area contributed by atoms with Gasteiger partial charge in [0.25, 0.3) is 0 Å². The molecular weight excluding hydrogens is 493 g/mol. The van der Waals surface area contributed by atoms with Crippen LogP contribution in [0.5, 0.6) is 0 Å². The van der Waals surface area contributed by atoms with Crippen LogP contribution in [0.2, 0.25) is 0 Å². The Balaban J connectivity index is 0.00000320. The fourth-order valence-corrected chi connectivity index (χ4v) is 3.64. The molecule has 3 rings (SSSR count). The van der Waals surface area contributed by atoms with Gasteiger partial charge in [-0.3, -0.25) is 9.89 Å². The SMILES string of the molecule is CN=C(NCc1cccc(Cn2cncn2)c1)NCC(C(C)C)N1CCOCC1.I. The number of benzene rings is 1. The maximum Gasteiger partial charge on any atom is 0.191 e. The van der Waals surface area contributed by atoms with Crippen molar-refractivity contribution in [3.63, 3.8) is 0 Å². The van der Waals surface area contributed by atoms with E-state index in [1.54, 1.807) is 12.7 Å². The second-order valence-corrected chi connectivity index (χ2v) is 7.68. The first-order valence-corrected chi connectivity index (χ1v) is 10.3. The number of nitrogens with one attached hydrogen (secondary N) is 2. The van der Waals surface area contributed by atoms with E-state index in [0.29, 0.717) is 12.0 Å². The lowest BCUT2D eigenvalue weighted by Gasteiger charge is -2.37. The molecule has 0 saturated carbocycles. The minimum atomic E-state index is 0. The van der Waals surface area contributed by atoms with Gasteiger partial charge in [0, 0.05) is 39.3 Å². The van der Waals surface area contributed by atoms with E-state index in [4.69, 9.17) is 4.74 Å². The zero-order valence-electron chi connectivity index (χ0n) is 18.1. The van der Waals surface area contributed by atoms with Crippen LogP contribution in [-0.2, 0) is 17.8 Å². The number of hydrogen-bond donors (Lipinski definition) is 2. The third-order valence-corrected chi connectivity index (χ3v) is 5.25. The van der Waals surface area contributed by atoms with Gasteiger partial charge < -0.3 is 15.4 Å². The number of hydrogen-bond acceptors (Lipinski definition) is 5. The van der Waals surface area contributed by atoms with Crippen LogP contribution in [-0.4, -0.2) is 71.6 Å². The van der Waals surface area contributed by atoms with E-state index in [1.807, 2.05) is 11.7 Å². The predicted octanol–water partition coefficient (Wildman–Crippen LogP) is 1.97. The standard InChI is InChI=1S/C21H33N7O.HI/c1-17(2)20(27-7-9-29-10-8-27)13-25-21(22-3)24-12-18-5-4-6-19(11-18)14-28-16-23-15-26-28;/h4-6,11,15-17,20H,7-10,12-14H2,1-3H3,(H2,22,24,25);1H. The summed E-state index contributed by atoms with van der Waals surface area (Å²) in [6, 6.07) is 8.95. The summed E-state index contributed by atoms with van der Waals surface area (Å²) < 4.78 is 7.32. The van der Waals surface area contributed by atoms with E-state index in [-0.39, 0.29) is 24.0 Å². The average Bonchev–Trinajstić information content (AvgIpc) is 3.24. The van der Waals surface area contributed by atoms with Crippen LogP contribution >= 0.6 is 24.0 Å². The number of guanidine groups is 1. The molecule has 1 aromatic carbocycles. The Bertz CT molecular complexity index is 760. The molecule has 1 aliphatic rings. The van der Waals surface area contributed by atoms with Gasteiger partial charge in [-0.1, -0.05) is 38.1 Å². The highest BCUT2D eigenvalue weighted by molar-refractivity contribution is 14.0. The number of halogens is 1. The van der Waals surface area contributed by atoms with Gasteiger partial charge in [0.15, 0.2) is 5.96 Å². The molecular formula is C21H34IN7O. The molecule has 1 fully saturated rings. The zero-order valence-corrected chi connectivity index (χ0v) is 20.5. The third-order valence-electron chi connectivity index (χ3n) is 5.25. The second kappa shape index (κ2) is 12.9. The van der Waals surface area contributed by atoms with E-state index in [0.717, 1.165) is 51.9 Å². The maximum atomic E-state index is 5.50. The summed E-state index contributed by atoms with van der Waals surface area (Å²) in [5, 5.41) is 11.1. The Morgan fingerprint density at radius 2 is 1.97 bits per heavy atom. The summed E-state index contributed by atoms with van der Waals surface area (Å²) in [4.78, 5) is 10.9. The van der Waals surface area contributed by atoms with Gasteiger partial charge in [0.1, 0.15) is 12.7 Å². The fraction of sp³-hybridized carbons (Fsp3) is 0.571. The molecule has 2 heterocycles. The summed E-state index contributed by atoms with van der Waals surface area (Å²) in [7, 11) is 1.82. The lowest BCUT2D eigenvalue weighted by Crippen LogP contribution is -2.52. The van der Waals surface area contributed by atoms with Gasteiger partial charge in [-0.05, 0) is 17.0 Å². The van der Waals surface area contributed by atoms with Gasteiger partial charge in [-0.15, -0.1) is 24.0 Å². The number of aliphatic imine (C=N–C) groups is 1. The largest absolute Gasteiger partial charge is 0.379 e. The minimum Gasteiger partial charge on any atom is -0.379 e. The molecule has 166 valence electrons. The molecule has 2 N–H and O–H groups in total. The second-order valence-electron chi connectivity index (χ2n) is 7.68. The molecule has 2 aromatic rings. The van der Waals surface area contributed by atoms with E-state index in [9.17, 15) is 0 Å². The van der Waals surface area contributed by atoms with Gasteiger partial charge in [-0.2, -0.15) is 5.10 Å². The molecule has 0 aliphatic carbocycles. The number of rotatable bonds is 8. The van der Waals surface area contributed by atoms with Crippen molar-refractivity contribution in [2.75, 3.05) is 39.9 Å². The quantitative estimate of drug-likeness (QED) is 0.311. The average molecular weight is 527 g/mol. The van der Waals surface area contributed by atoms with E-state index < -0.39 is 0 Å². The molecule has 1 saturated heterocycles. The normalized spacial score (nSPS) is 16.2. The van der Waals surface area contributed by atoms with E-state index >= 15 is 0 Å². The molecule has 0 radical (unpaired) electrons. The number of morpholine rings is 1. The van der Waals surface area contributed by atoms with Crippen molar-refractivity contribution in [3.05, 3.63) is 48.0 Å². The monoisotopic (exact) mass is 527 g/mol. The molecule has 0 spiro atoms. The van der Waals surface area contributed by atoms with Crippen molar-refractivity contribution in [2.45, 2.75) is 33.0 Å². The lowest BCUT2D eigenvalue weighted by molar-refractivity contribution is 0.00752. The minimum absolute atomic E-state index is 0. The van der Waals surface area contributed by atoms with Crippen LogP contribution in [0.25, 0.3) is 0 Å². The smallest absolute Gasteiger partial charge is 0.191 e. The zero-order chi connectivity index (χ0) is 20.5. The van der Waals surface area contributed by atoms with Crippen molar-refractivity contribution in [3.8, 4) is 0 Å². The van der Waals surface area contributed by atoms with E-state index in [1.165, 1.54) is 11.1 Å². The van der Waals surface area contributed by atoms with Crippen molar-refractivity contribution >= 4 is 29.9 Å². The Morgan fingerprint density at radius 3 is 2.63 bits per heavy atom. The first-order valence-electron chi connectivity index (χ1n) is 10.3. The highest BCUT2D eigenvalue weighted by Crippen LogP contribution is 2.12. The first-order chi connectivity index (χ1) is 14.2. The summed E-state index contributed by atoms with van der Waals surface area (Å²) in [5.41, 5.74) is 2.41. The summed E-state index contributed by atoms with van der Waals surface area (Å²) in [6.45, 7) is 10.5. The Morgan fingerprint density at radius 1 is 1.20 bits per heavy atom. The topological polar surface area (TPSA) is 79.6 Å². The molecule has 1 aliphatic heterocycles. The third kappa shape index (κ3) is 7.51. The molecule has 1 atom stereocenters. The Labute approximate surface area is 196 Å². The van der Waals surface area contributed by atoms with Gasteiger partial charge in [-0.25, -0.2) is 9.67 Å². The highest BCUT2D eigenvalue weighted by Gasteiger charge is 2.23. The highest BCUT2D eigenvalue weighted by atomic mass is 127. The van der Waals surface area contributed by atoms with Gasteiger partial charge in [0.05, 0.1) is 19.8 Å². The van der Waals surface area contributed by atoms with Crippen LogP contribution in [0.1, 0.15) is 25.0 Å². The van der Waals surface area contributed by atoms with Gasteiger partial charge >= 0.3 is 0 Å². The molecule has 30 heavy (non-hydrogen) atoms.